The van der Waals surface area contributed by atoms with Gasteiger partial charge in [-0.2, -0.15) is 4.98 Å². The number of ether oxygens (including phenoxy) is 1. The van der Waals surface area contributed by atoms with Crippen LogP contribution in [0, 0.1) is 0 Å². The number of aromatic nitrogens is 4. The van der Waals surface area contributed by atoms with Gasteiger partial charge in [-0.05, 0) is 42.6 Å². The predicted octanol–water partition coefficient (Wildman–Crippen LogP) is 4.34. The topological polar surface area (TPSA) is 94.0 Å². The van der Waals surface area contributed by atoms with Crippen LogP contribution in [0.15, 0.2) is 77.6 Å². The minimum Gasteiger partial charge on any atom is -0.497 e. The lowest BCUT2D eigenvalue weighted by Gasteiger charge is -2.27. The summed E-state index contributed by atoms with van der Waals surface area (Å²) in [5.74, 6) is 1.64. The summed E-state index contributed by atoms with van der Waals surface area (Å²) in [7, 11) is 1.62. The molecule has 0 bridgehead atoms. The van der Waals surface area contributed by atoms with Crippen molar-refractivity contribution in [2.24, 2.45) is 0 Å². The van der Waals surface area contributed by atoms with Gasteiger partial charge in [-0.3, -0.25) is 9.78 Å². The summed E-state index contributed by atoms with van der Waals surface area (Å²) in [6.45, 7) is 1.88. The summed E-state index contributed by atoms with van der Waals surface area (Å²) < 4.78 is 7.11. The van der Waals surface area contributed by atoms with Crippen molar-refractivity contribution in [3.05, 3.63) is 82.5 Å². The van der Waals surface area contributed by atoms with Crippen molar-refractivity contribution in [3.8, 4) is 17.1 Å². The number of hydrogen-bond acceptors (Lipinski definition) is 7. The summed E-state index contributed by atoms with van der Waals surface area (Å²) >= 11 is 1.57. The van der Waals surface area contributed by atoms with E-state index in [0.29, 0.717) is 23.0 Å². The van der Waals surface area contributed by atoms with Gasteiger partial charge in [0.15, 0.2) is 5.82 Å². The second kappa shape index (κ2) is 8.27. The highest BCUT2D eigenvalue weighted by Crippen LogP contribution is 2.38. The number of anilines is 2. The molecule has 0 saturated heterocycles. The molecule has 0 radical (unpaired) electrons. The molecule has 0 spiro atoms. The van der Waals surface area contributed by atoms with Crippen molar-refractivity contribution < 1.29 is 9.53 Å². The molecule has 1 amide bonds. The molecule has 9 heteroatoms. The fraction of sp³-hybridized carbons (Fsp3) is 0.130. The lowest BCUT2D eigenvalue weighted by atomic mass is 10.0. The molecular formula is C23H20N6O2S. The number of pyridine rings is 1. The number of nitrogens with zero attached hydrogens (tertiary/aromatic N) is 4. The zero-order chi connectivity index (χ0) is 22.1. The lowest BCUT2D eigenvalue weighted by molar-refractivity contribution is -0.113. The van der Waals surface area contributed by atoms with Crippen LogP contribution in [0.2, 0.25) is 0 Å². The van der Waals surface area contributed by atoms with Crippen LogP contribution in [0.5, 0.6) is 5.75 Å². The highest BCUT2D eigenvalue weighted by Gasteiger charge is 2.35. The SMILES string of the molecule is COc1cccc(-c2nc3n(n2)[C@@H](c2cccs2)C(C(=O)Nc2cccnc2)=C(C)N3)c1. The quantitative estimate of drug-likeness (QED) is 0.476. The third-order valence-electron chi connectivity index (χ3n) is 5.16. The summed E-state index contributed by atoms with van der Waals surface area (Å²) in [6, 6.07) is 14.7. The van der Waals surface area contributed by atoms with Gasteiger partial charge in [-0.1, -0.05) is 18.2 Å². The van der Waals surface area contributed by atoms with Crippen LogP contribution in [0.3, 0.4) is 0 Å². The number of carbonyl (C=O) groups excluding carboxylic acids is 1. The molecule has 1 aliphatic rings. The lowest BCUT2D eigenvalue weighted by Crippen LogP contribution is -2.31. The Labute approximate surface area is 188 Å². The zero-order valence-electron chi connectivity index (χ0n) is 17.4. The number of benzene rings is 1. The van der Waals surface area contributed by atoms with Crippen molar-refractivity contribution in [1.29, 1.82) is 0 Å². The monoisotopic (exact) mass is 444 g/mol. The average Bonchev–Trinajstić information content (AvgIpc) is 3.49. The first-order valence-electron chi connectivity index (χ1n) is 9.97. The number of fused-ring (bicyclic) bond motifs is 1. The standard InChI is InChI=1S/C23H20N6O2S/c1-14-19(22(30)26-16-7-4-10-24-13-16)20(18-9-5-11-32-18)29-23(25-14)27-21(28-29)15-6-3-8-17(12-15)31-2/h3-13,20H,1-2H3,(H,26,30)(H,25,27,28)/t20-/m0/s1. The van der Waals surface area contributed by atoms with Crippen LogP contribution in [-0.4, -0.2) is 32.8 Å². The molecule has 4 heterocycles. The number of thiophene rings is 1. The Hall–Kier alpha value is -3.98. The number of allylic oxidation sites excluding steroid dienone is 1. The van der Waals surface area contributed by atoms with Crippen LogP contribution in [0.4, 0.5) is 11.6 Å². The fourth-order valence-corrected chi connectivity index (χ4v) is 4.49. The number of carbonyl (C=O) groups is 1. The van der Waals surface area contributed by atoms with Gasteiger partial charge in [0, 0.05) is 22.3 Å². The predicted molar refractivity (Wildman–Crippen MR) is 124 cm³/mol. The van der Waals surface area contributed by atoms with E-state index in [2.05, 4.69) is 15.6 Å². The molecule has 0 saturated carbocycles. The third kappa shape index (κ3) is 3.63. The molecular weight excluding hydrogens is 424 g/mol. The van der Waals surface area contributed by atoms with E-state index in [4.69, 9.17) is 14.8 Å². The molecule has 0 unspecified atom stereocenters. The summed E-state index contributed by atoms with van der Waals surface area (Å²) in [6.07, 6.45) is 3.28. The maximum Gasteiger partial charge on any atom is 0.255 e. The molecule has 4 aromatic rings. The van der Waals surface area contributed by atoms with Crippen molar-refractivity contribution in [1.82, 2.24) is 19.7 Å². The van der Waals surface area contributed by atoms with Crippen LogP contribution in [-0.2, 0) is 4.79 Å². The van der Waals surface area contributed by atoms with Crippen LogP contribution in [0.25, 0.3) is 11.4 Å². The first-order valence-corrected chi connectivity index (χ1v) is 10.9. The zero-order valence-corrected chi connectivity index (χ0v) is 18.3. The Balaban J connectivity index is 1.57. The molecule has 1 aromatic carbocycles. The Morgan fingerprint density at radius 2 is 2.12 bits per heavy atom. The number of rotatable bonds is 5. The van der Waals surface area contributed by atoms with E-state index < -0.39 is 6.04 Å². The van der Waals surface area contributed by atoms with Gasteiger partial charge in [-0.15, -0.1) is 16.4 Å². The normalized spacial score (nSPS) is 15.1. The largest absolute Gasteiger partial charge is 0.497 e. The van der Waals surface area contributed by atoms with Crippen molar-refractivity contribution in [2.45, 2.75) is 13.0 Å². The average molecular weight is 445 g/mol. The molecule has 160 valence electrons. The molecule has 1 atom stereocenters. The number of nitrogens with one attached hydrogen (secondary N) is 2. The summed E-state index contributed by atoms with van der Waals surface area (Å²) in [5, 5.41) is 13.0. The van der Waals surface area contributed by atoms with Gasteiger partial charge in [0.1, 0.15) is 11.8 Å². The number of amides is 1. The van der Waals surface area contributed by atoms with E-state index in [0.717, 1.165) is 21.9 Å². The van der Waals surface area contributed by atoms with E-state index in [1.807, 2.05) is 48.7 Å². The van der Waals surface area contributed by atoms with Crippen molar-refractivity contribution in [2.75, 3.05) is 17.7 Å². The van der Waals surface area contributed by atoms with E-state index in [1.165, 1.54) is 0 Å². The second-order valence-electron chi connectivity index (χ2n) is 7.21. The molecule has 1 aliphatic heterocycles. The number of hydrogen-bond donors (Lipinski definition) is 2. The number of methoxy groups -OCH3 is 1. The molecule has 0 fully saturated rings. The van der Waals surface area contributed by atoms with E-state index in [1.54, 1.807) is 47.7 Å². The van der Waals surface area contributed by atoms with E-state index >= 15 is 0 Å². The Kier molecular flexibility index (Phi) is 5.16. The van der Waals surface area contributed by atoms with Gasteiger partial charge in [-0.25, -0.2) is 4.68 Å². The van der Waals surface area contributed by atoms with Crippen molar-refractivity contribution >= 4 is 28.9 Å². The minimum atomic E-state index is -0.408. The minimum absolute atomic E-state index is 0.217. The Bertz CT molecular complexity index is 1300. The smallest absolute Gasteiger partial charge is 0.255 e. The second-order valence-corrected chi connectivity index (χ2v) is 8.19. The third-order valence-corrected chi connectivity index (χ3v) is 6.08. The van der Waals surface area contributed by atoms with Gasteiger partial charge in [0.05, 0.1) is 24.6 Å². The molecule has 8 nitrogen and oxygen atoms in total. The van der Waals surface area contributed by atoms with Gasteiger partial charge in [0.25, 0.3) is 5.91 Å². The van der Waals surface area contributed by atoms with Crippen molar-refractivity contribution in [3.63, 3.8) is 0 Å². The highest BCUT2D eigenvalue weighted by molar-refractivity contribution is 7.10. The van der Waals surface area contributed by atoms with E-state index in [9.17, 15) is 4.79 Å². The van der Waals surface area contributed by atoms with Crippen LogP contribution >= 0.6 is 11.3 Å². The maximum absolute atomic E-state index is 13.3. The molecule has 5 rings (SSSR count). The maximum atomic E-state index is 13.3. The Morgan fingerprint density at radius 1 is 1.22 bits per heavy atom. The van der Waals surface area contributed by atoms with Crippen LogP contribution < -0.4 is 15.4 Å². The Morgan fingerprint density at radius 3 is 2.88 bits per heavy atom. The van der Waals surface area contributed by atoms with Gasteiger partial charge >= 0.3 is 0 Å². The van der Waals surface area contributed by atoms with Gasteiger partial charge < -0.3 is 15.4 Å². The first kappa shape index (κ1) is 20.0. The summed E-state index contributed by atoms with van der Waals surface area (Å²) in [5.41, 5.74) is 2.76. The fourth-order valence-electron chi connectivity index (χ4n) is 3.67. The highest BCUT2D eigenvalue weighted by atomic mass is 32.1. The molecule has 0 aliphatic carbocycles. The molecule has 32 heavy (non-hydrogen) atoms. The van der Waals surface area contributed by atoms with Crippen LogP contribution in [0.1, 0.15) is 17.8 Å². The first-order chi connectivity index (χ1) is 15.6. The van der Waals surface area contributed by atoms with E-state index in [-0.39, 0.29) is 5.91 Å². The molecule has 3 aromatic heterocycles. The molecule has 2 N–H and O–H groups in total. The van der Waals surface area contributed by atoms with Gasteiger partial charge in [0.2, 0.25) is 5.95 Å². The summed E-state index contributed by atoms with van der Waals surface area (Å²) in [4.78, 5) is 23.1.